The molecule has 1 rings (SSSR count). The highest BCUT2D eigenvalue weighted by molar-refractivity contribution is 7.99. The predicted molar refractivity (Wildman–Crippen MR) is 81.3 cm³/mol. The van der Waals surface area contributed by atoms with Crippen LogP contribution < -0.4 is 4.90 Å². The van der Waals surface area contributed by atoms with E-state index in [2.05, 4.69) is 36.3 Å². The van der Waals surface area contributed by atoms with E-state index in [4.69, 9.17) is 5.11 Å². The first kappa shape index (κ1) is 16.0. The van der Waals surface area contributed by atoms with Crippen LogP contribution in [0, 0.1) is 0 Å². The molecule has 19 heavy (non-hydrogen) atoms. The number of carbonyl (C=O) groups is 1. The molecule has 0 aromatic carbocycles. The van der Waals surface area contributed by atoms with Gasteiger partial charge in [0.2, 0.25) is 0 Å². The van der Waals surface area contributed by atoms with Gasteiger partial charge in [0.1, 0.15) is 5.82 Å². The lowest BCUT2D eigenvalue weighted by molar-refractivity contribution is -0.133. The quantitative estimate of drug-likeness (QED) is 0.707. The second-order valence-electron chi connectivity index (χ2n) is 4.39. The van der Waals surface area contributed by atoms with Crippen LogP contribution in [-0.2, 0) is 11.3 Å². The molecule has 0 fully saturated rings. The molecule has 0 unspecified atom stereocenters. The zero-order valence-corrected chi connectivity index (χ0v) is 12.9. The number of anilines is 1. The van der Waals surface area contributed by atoms with Crippen LogP contribution in [0.25, 0.3) is 0 Å². The van der Waals surface area contributed by atoms with Gasteiger partial charge in [-0.2, -0.15) is 0 Å². The van der Waals surface area contributed by atoms with Crippen molar-refractivity contribution < 1.29 is 9.90 Å². The van der Waals surface area contributed by atoms with Crippen LogP contribution in [-0.4, -0.2) is 34.5 Å². The van der Waals surface area contributed by atoms with Crippen molar-refractivity contribution in [3.8, 4) is 0 Å². The molecule has 0 spiro atoms. The molecule has 0 aliphatic rings. The molecule has 1 N–H and O–H groups in total. The van der Waals surface area contributed by atoms with E-state index in [1.807, 2.05) is 6.07 Å². The van der Waals surface area contributed by atoms with Crippen LogP contribution in [0.4, 0.5) is 5.82 Å². The molecule has 108 valence electrons. The third-order valence-electron chi connectivity index (χ3n) is 3.08. The van der Waals surface area contributed by atoms with Crippen LogP contribution in [0.15, 0.2) is 17.2 Å². The molecule has 0 saturated carbocycles. The average molecular weight is 284 g/mol. The molecule has 0 saturated heterocycles. The highest BCUT2D eigenvalue weighted by Crippen LogP contribution is 2.27. The van der Waals surface area contributed by atoms with Gasteiger partial charge in [-0.1, -0.05) is 25.1 Å². The number of carboxylic acid groups (broad SMARTS) is 1. The van der Waals surface area contributed by atoms with Crippen molar-refractivity contribution >= 4 is 23.5 Å². The number of aromatic nitrogens is 1. The van der Waals surface area contributed by atoms with E-state index in [0.717, 1.165) is 37.5 Å². The van der Waals surface area contributed by atoms with E-state index in [9.17, 15) is 4.79 Å². The average Bonchev–Trinajstić information content (AvgIpc) is 2.78. The molecule has 1 aromatic rings. The summed E-state index contributed by atoms with van der Waals surface area (Å²) in [5.41, 5.74) is 0. The van der Waals surface area contributed by atoms with Crippen molar-refractivity contribution in [1.29, 1.82) is 0 Å². The van der Waals surface area contributed by atoms with Crippen molar-refractivity contribution in [2.45, 2.75) is 45.2 Å². The molecule has 0 atom stereocenters. The number of rotatable bonds is 9. The monoisotopic (exact) mass is 284 g/mol. The molecule has 0 aliphatic carbocycles. The molecular weight excluding hydrogens is 260 g/mol. The number of thioether (sulfide) groups is 1. The molecule has 5 heteroatoms. The summed E-state index contributed by atoms with van der Waals surface area (Å²) < 4.78 is 2.25. The second kappa shape index (κ2) is 8.15. The lowest BCUT2D eigenvalue weighted by atomic mass is 10.3. The minimum Gasteiger partial charge on any atom is -0.481 e. The molecule has 4 nitrogen and oxygen atoms in total. The van der Waals surface area contributed by atoms with Crippen LogP contribution >= 0.6 is 11.8 Å². The van der Waals surface area contributed by atoms with Crippen molar-refractivity contribution in [3.63, 3.8) is 0 Å². The van der Waals surface area contributed by atoms with Gasteiger partial charge < -0.3 is 14.6 Å². The molecule has 0 aliphatic heterocycles. The molecule has 0 amide bonds. The smallest absolute Gasteiger partial charge is 0.313 e. The van der Waals surface area contributed by atoms with Crippen molar-refractivity contribution in [3.05, 3.63) is 12.1 Å². The Bertz CT molecular complexity index is 400. The Morgan fingerprint density at radius 3 is 2.53 bits per heavy atom. The largest absolute Gasteiger partial charge is 0.481 e. The van der Waals surface area contributed by atoms with Gasteiger partial charge in [0.25, 0.3) is 0 Å². The van der Waals surface area contributed by atoms with E-state index in [-0.39, 0.29) is 5.75 Å². The normalized spacial score (nSPS) is 10.7. The van der Waals surface area contributed by atoms with Crippen molar-refractivity contribution in [2.24, 2.45) is 0 Å². The Balaban J connectivity index is 2.93. The number of hydrogen-bond acceptors (Lipinski definition) is 3. The van der Waals surface area contributed by atoms with Crippen LogP contribution in [0.1, 0.15) is 33.6 Å². The summed E-state index contributed by atoms with van der Waals surface area (Å²) >= 11 is 1.40. The van der Waals surface area contributed by atoms with Crippen molar-refractivity contribution in [2.75, 3.05) is 23.7 Å². The SMILES string of the molecule is CCCCn1c(SCC(=O)O)ccc1N(CC)CC. The minimum atomic E-state index is -0.766. The molecule has 1 heterocycles. The van der Waals surface area contributed by atoms with Crippen LogP contribution in [0.5, 0.6) is 0 Å². The third-order valence-corrected chi connectivity index (χ3v) is 4.13. The lowest BCUT2D eigenvalue weighted by Crippen LogP contribution is -2.25. The molecule has 0 radical (unpaired) electrons. The molecular formula is C14H24N2O2S. The van der Waals surface area contributed by atoms with Crippen LogP contribution in [0.2, 0.25) is 0 Å². The fourth-order valence-corrected chi connectivity index (χ4v) is 2.84. The standard InChI is InChI=1S/C14H24N2O2S/c1-4-7-10-16-12(15(5-2)6-3)8-9-13(16)19-11-14(17)18/h8-9H,4-7,10-11H2,1-3H3,(H,17,18). The summed E-state index contributed by atoms with van der Waals surface area (Å²) in [4.78, 5) is 13.0. The van der Waals surface area contributed by atoms with E-state index >= 15 is 0 Å². The van der Waals surface area contributed by atoms with E-state index in [1.54, 1.807) is 0 Å². The van der Waals surface area contributed by atoms with Crippen molar-refractivity contribution in [1.82, 2.24) is 4.57 Å². The summed E-state index contributed by atoms with van der Waals surface area (Å²) in [5, 5.41) is 9.86. The van der Waals surface area contributed by atoms with E-state index in [0.29, 0.717) is 0 Å². The Kier molecular flexibility index (Phi) is 6.84. The summed E-state index contributed by atoms with van der Waals surface area (Å²) in [5.74, 6) is 0.553. The Morgan fingerprint density at radius 2 is 2.00 bits per heavy atom. The first-order valence-electron chi connectivity index (χ1n) is 6.93. The fourth-order valence-electron chi connectivity index (χ4n) is 2.07. The number of nitrogens with zero attached hydrogens (tertiary/aromatic N) is 2. The zero-order valence-electron chi connectivity index (χ0n) is 12.1. The first-order chi connectivity index (χ1) is 9.13. The van der Waals surface area contributed by atoms with Gasteiger partial charge >= 0.3 is 5.97 Å². The second-order valence-corrected chi connectivity index (χ2v) is 5.39. The van der Waals surface area contributed by atoms with Gasteiger partial charge in [0.05, 0.1) is 10.8 Å². The first-order valence-corrected chi connectivity index (χ1v) is 7.91. The highest BCUT2D eigenvalue weighted by atomic mass is 32.2. The summed E-state index contributed by atoms with van der Waals surface area (Å²) in [6.07, 6.45) is 2.25. The maximum absolute atomic E-state index is 10.7. The minimum absolute atomic E-state index is 0.119. The van der Waals surface area contributed by atoms with Gasteiger partial charge in [-0.05, 0) is 32.4 Å². The fraction of sp³-hybridized carbons (Fsp3) is 0.643. The highest BCUT2D eigenvalue weighted by Gasteiger charge is 2.13. The topological polar surface area (TPSA) is 45.5 Å². The number of carboxylic acids is 1. The summed E-state index contributed by atoms with van der Waals surface area (Å²) in [6, 6.07) is 4.14. The lowest BCUT2D eigenvalue weighted by Gasteiger charge is -2.24. The molecule has 0 bridgehead atoms. The summed E-state index contributed by atoms with van der Waals surface area (Å²) in [7, 11) is 0. The van der Waals surface area contributed by atoms with Gasteiger partial charge in [0.15, 0.2) is 0 Å². The number of aliphatic carboxylic acids is 1. The van der Waals surface area contributed by atoms with E-state index < -0.39 is 5.97 Å². The van der Waals surface area contributed by atoms with Gasteiger partial charge in [-0.15, -0.1) is 0 Å². The number of hydrogen-bond donors (Lipinski definition) is 1. The van der Waals surface area contributed by atoms with Crippen LogP contribution in [0.3, 0.4) is 0 Å². The number of unbranched alkanes of at least 4 members (excludes halogenated alkanes) is 1. The van der Waals surface area contributed by atoms with Gasteiger partial charge in [0, 0.05) is 19.6 Å². The molecule has 1 aromatic heterocycles. The van der Waals surface area contributed by atoms with E-state index in [1.165, 1.54) is 17.6 Å². The Hall–Kier alpha value is -1.10. The zero-order chi connectivity index (χ0) is 14.3. The van der Waals surface area contributed by atoms with Gasteiger partial charge in [-0.25, -0.2) is 0 Å². The predicted octanol–water partition coefficient (Wildman–Crippen LogP) is 3.31. The van der Waals surface area contributed by atoms with Gasteiger partial charge in [-0.3, -0.25) is 4.79 Å². The third kappa shape index (κ3) is 4.49. The Labute approximate surface area is 119 Å². The summed E-state index contributed by atoms with van der Waals surface area (Å²) in [6.45, 7) is 9.35. The maximum atomic E-state index is 10.7. The Morgan fingerprint density at radius 1 is 1.32 bits per heavy atom. The maximum Gasteiger partial charge on any atom is 0.313 e.